The van der Waals surface area contributed by atoms with Gasteiger partial charge in [0, 0.05) is 12.3 Å². The minimum Gasteiger partial charge on any atom is -0.394 e. The predicted octanol–water partition coefficient (Wildman–Crippen LogP) is -3.49. The second-order valence-corrected chi connectivity index (χ2v) is 4.77. The lowest BCUT2D eigenvalue weighted by atomic mass is 9.86. The van der Waals surface area contributed by atoms with E-state index in [4.69, 9.17) is 15.3 Å². The molecule has 5 unspecified atom stereocenters. The van der Waals surface area contributed by atoms with Crippen LogP contribution in [0.2, 0.25) is 0 Å². The molecule has 0 aliphatic rings. The standard InChI is InChI=1S/C11H24O8/c1-6(9(16)10(17)8(15)5-13)11(18,19)3-2-7(14)4-12/h6-10,12-19H,2-5H2,1H3. The van der Waals surface area contributed by atoms with Crippen molar-refractivity contribution >= 4 is 0 Å². The summed E-state index contributed by atoms with van der Waals surface area (Å²) in [5, 5.41) is 74.2. The van der Waals surface area contributed by atoms with Crippen LogP contribution in [-0.2, 0) is 0 Å². The van der Waals surface area contributed by atoms with Gasteiger partial charge in [-0.2, -0.15) is 0 Å². The van der Waals surface area contributed by atoms with Crippen molar-refractivity contribution in [1.29, 1.82) is 0 Å². The fourth-order valence-electron chi connectivity index (χ4n) is 1.60. The van der Waals surface area contributed by atoms with Crippen molar-refractivity contribution in [2.24, 2.45) is 5.92 Å². The first kappa shape index (κ1) is 18.7. The Bertz CT molecular complexity index is 247. The molecule has 0 saturated carbocycles. The van der Waals surface area contributed by atoms with Gasteiger partial charge >= 0.3 is 0 Å². The van der Waals surface area contributed by atoms with Crippen molar-refractivity contribution in [3.05, 3.63) is 0 Å². The van der Waals surface area contributed by atoms with Gasteiger partial charge in [0.15, 0.2) is 5.79 Å². The van der Waals surface area contributed by atoms with Crippen LogP contribution < -0.4 is 0 Å². The molecule has 0 bridgehead atoms. The van der Waals surface area contributed by atoms with Gasteiger partial charge in [-0.3, -0.25) is 0 Å². The van der Waals surface area contributed by atoms with E-state index in [0.717, 1.165) is 0 Å². The van der Waals surface area contributed by atoms with Crippen LogP contribution >= 0.6 is 0 Å². The molecule has 0 aromatic carbocycles. The maximum atomic E-state index is 9.75. The molecule has 8 heteroatoms. The highest BCUT2D eigenvalue weighted by atomic mass is 16.5. The molecule has 0 aromatic heterocycles. The Morgan fingerprint density at radius 2 is 1.42 bits per heavy atom. The lowest BCUT2D eigenvalue weighted by Crippen LogP contribution is -2.51. The summed E-state index contributed by atoms with van der Waals surface area (Å²) in [4.78, 5) is 0. The molecule has 0 aromatic rings. The molecule has 0 heterocycles. The molecule has 19 heavy (non-hydrogen) atoms. The van der Waals surface area contributed by atoms with E-state index < -0.39 is 49.3 Å². The summed E-state index contributed by atoms with van der Waals surface area (Å²) in [6, 6.07) is 0. The Balaban J connectivity index is 4.54. The first-order valence-corrected chi connectivity index (χ1v) is 6.06. The van der Waals surface area contributed by atoms with Gasteiger partial charge in [0.2, 0.25) is 0 Å². The minimum absolute atomic E-state index is 0.112. The number of hydrogen-bond acceptors (Lipinski definition) is 8. The summed E-state index contributed by atoms with van der Waals surface area (Å²) in [6.07, 6.45) is -6.58. The van der Waals surface area contributed by atoms with Gasteiger partial charge in [0.25, 0.3) is 0 Å². The van der Waals surface area contributed by atoms with E-state index in [2.05, 4.69) is 0 Å². The Morgan fingerprint density at radius 1 is 0.895 bits per heavy atom. The van der Waals surface area contributed by atoms with Gasteiger partial charge in [-0.15, -0.1) is 0 Å². The smallest absolute Gasteiger partial charge is 0.167 e. The highest BCUT2D eigenvalue weighted by Gasteiger charge is 2.40. The molecule has 0 rings (SSSR count). The van der Waals surface area contributed by atoms with Crippen LogP contribution in [0.4, 0.5) is 0 Å². The molecular weight excluding hydrogens is 260 g/mol. The van der Waals surface area contributed by atoms with E-state index in [9.17, 15) is 25.5 Å². The number of aliphatic hydroxyl groups is 8. The zero-order valence-corrected chi connectivity index (χ0v) is 10.8. The topological polar surface area (TPSA) is 162 Å². The fraction of sp³-hybridized carbons (Fsp3) is 1.00. The fourth-order valence-corrected chi connectivity index (χ4v) is 1.60. The molecule has 116 valence electrons. The summed E-state index contributed by atoms with van der Waals surface area (Å²) >= 11 is 0. The van der Waals surface area contributed by atoms with Crippen molar-refractivity contribution in [3.63, 3.8) is 0 Å². The maximum Gasteiger partial charge on any atom is 0.167 e. The van der Waals surface area contributed by atoms with E-state index in [-0.39, 0.29) is 12.8 Å². The highest BCUT2D eigenvalue weighted by Crippen LogP contribution is 2.26. The van der Waals surface area contributed by atoms with Gasteiger partial charge in [-0.1, -0.05) is 6.92 Å². The molecule has 0 aliphatic heterocycles. The van der Waals surface area contributed by atoms with Crippen molar-refractivity contribution < 1.29 is 40.9 Å². The molecule has 0 fully saturated rings. The second-order valence-electron chi connectivity index (χ2n) is 4.77. The molecule has 8 nitrogen and oxygen atoms in total. The second kappa shape index (κ2) is 8.08. The number of hydrogen-bond donors (Lipinski definition) is 8. The van der Waals surface area contributed by atoms with Crippen molar-refractivity contribution in [2.45, 2.75) is 50.0 Å². The van der Waals surface area contributed by atoms with Crippen LogP contribution in [0.1, 0.15) is 19.8 Å². The first-order chi connectivity index (χ1) is 8.67. The zero-order chi connectivity index (χ0) is 15.2. The van der Waals surface area contributed by atoms with Crippen molar-refractivity contribution in [1.82, 2.24) is 0 Å². The summed E-state index contributed by atoms with van der Waals surface area (Å²) in [5.41, 5.74) is 0. The van der Waals surface area contributed by atoms with E-state index in [0.29, 0.717) is 0 Å². The molecule has 0 radical (unpaired) electrons. The maximum absolute atomic E-state index is 9.75. The summed E-state index contributed by atoms with van der Waals surface area (Å²) in [6.45, 7) is -0.0692. The average molecular weight is 284 g/mol. The SMILES string of the molecule is CC(C(O)C(O)C(O)CO)C(O)(O)CCC(O)CO. The Labute approximate surface area is 111 Å². The van der Waals surface area contributed by atoms with E-state index in [1.54, 1.807) is 0 Å². The lowest BCUT2D eigenvalue weighted by molar-refractivity contribution is -0.238. The van der Waals surface area contributed by atoms with Crippen LogP contribution in [0, 0.1) is 5.92 Å². The van der Waals surface area contributed by atoms with Gasteiger partial charge in [-0.25, -0.2) is 0 Å². The number of rotatable bonds is 9. The van der Waals surface area contributed by atoms with E-state index >= 15 is 0 Å². The van der Waals surface area contributed by atoms with Crippen molar-refractivity contribution in [3.8, 4) is 0 Å². The summed E-state index contributed by atoms with van der Waals surface area (Å²) < 4.78 is 0. The van der Waals surface area contributed by atoms with Crippen molar-refractivity contribution in [2.75, 3.05) is 13.2 Å². The average Bonchev–Trinajstić information content (AvgIpc) is 2.41. The van der Waals surface area contributed by atoms with Crippen LogP contribution in [-0.4, -0.2) is 84.3 Å². The predicted molar refractivity (Wildman–Crippen MR) is 63.8 cm³/mol. The largest absolute Gasteiger partial charge is 0.394 e. The summed E-state index contributed by atoms with van der Waals surface area (Å²) in [5.74, 6) is -3.64. The Kier molecular flexibility index (Phi) is 7.94. The van der Waals surface area contributed by atoms with E-state index in [1.165, 1.54) is 6.92 Å². The van der Waals surface area contributed by atoms with Gasteiger partial charge < -0.3 is 40.9 Å². The van der Waals surface area contributed by atoms with Gasteiger partial charge in [0.05, 0.1) is 25.4 Å². The lowest BCUT2D eigenvalue weighted by Gasteiger charge is -2.35. The highest BCUT2D eigenvalue weighted by molar-refractivity contribution is 4.86. The molecule has 0 aliphatic carbocycles. The third kappa shape index (κ3) is 5.67. The quantitative estimate of drug-likeness (QED) is 0.202. The normalized spacial score (nSPS) is 20.7. The van der Waals surface area contributed by atoms with Crippen LogP contribution in [0.5, 0.6) is 0 Å². The zero-order valence-electron chi connectivity index (χ0n) is 10.8. The number of aliphatic hydroxyl groups excluding tert-OH is 6. The third-order valence-corrected chi connectivity index (χ3v) is 3.23. The molecular formula is C11H24O8. The van der Waals surface area contributed by atoms with Gasteiger partial charge in [-0.05, 0) is 6.42 Å². The molecule has 8 N–H and O–H groups in total. The molecule has 0 spiro atoms. The monoisotopic (exact) mass is 284 g/mol. The molecule has 0 amide bonds. The minimum atomic E-state index is -2.40. The van der Waals surface area contributed by atoms with Crippen LogP contribution in [0.3, 0.4) is 0 Å². The third-order valence-electron chi connectivity index (χ3n) is 3.23. The molecule has 0 saturated heterocycles. The van der Waals surface area contributed by atoms with Gasteiger partial charge in [0.1, 0.15) is 12.2 Å². The Hall–Kier alpha value is -0.320. The Morgan fingerprint density at radius 3 is 1.84 bits per heavy atom. The van der Waals surface area contributed by atoms with Crippen LogP contribution in [0.25, 0.3) is 0 Å². The molecule has 5 atom stereocenters. The van der Waals surface area contributed by atoms with Crippen LogP contribution in [0.15, 0.2) is 0 Å². The van der Waals surface area contributed by atoms with E-state index in [1.807, 2.05) is 0 Å². The first-order valence-electron chi connectivity index (χ1n) is 6.06. The summed E-state index contributed by atoms with van der Waals surface area (Å²) in [7, 11) is 0.